The van der Waals surface area contributed by atoms with E-state index in [1.807, 2.05) is 0 Å². The average Bonchev–Trinajstić information content (AvgIpc) is 2.49. The Kier molecular flexibility index (Phi) is 9.56. The van der Waals surface area contributed by atoms with Crippen molar-refractivity contribution in [1.82, 2.24) is 16.0 Å². The average molecular weight is 359 g/mol. The van der Waals surface area contributed by atoms with E-state index in [1.54, 1.807) is 0 Å². The summed E-state index contributed by atoms with van der Waals surface area (Å²) in [5.41, 5.74) is 15.7. The Hall–Kier alpha value is -2.89. The molecule has 0 radical (unpaired) electrons. The van der Waals surface area contributed by atoms with Crippen LogP contribution in [0.3, 0.4) is 0 Å². The summed E-state index contributed by atoms with van der Waals surface area (Å²) in [7, 11) is 0. The van der Waals surface area contributed by atoms with Crippen LogP contribution in [-0.4, -0.2) is 59.4 Å². The summed E-state index contributed by atoms with van der Waals surface area (Å²) in [4.78, 5) is 45.5. The molecule has 12 nitrogen and oxygen atoms in total. The molecule has 12 heteroatoms. The largest absolute Gasteiger partial charge is 0.480 e. The molecular weight excluding hydrogens is 334 g/mol. The predicted octanol–water partition coefficient (Wildman–Crippen LogP) is -3.47. The highest BCUT2D eigenvalue weighted by Gasteiger charge is 2.26. The molecule has 0 rings (SSSR count). The molecule has 0 spiro atoms. The van der Waals surface area contributed by atoms with Crippen LogP contribution in [0.2, 0.25) is 0 Å². The molecule has 25 heavy (non-hydrogen) atoms. The lowest BCUT2D eigenvalue weighted by Gasteiger charge is -2.19. The van der Waals surface area contributed by atoms with Gasteiger partial charge in [-0.15, -0.1) is 0 Å². The third-order valence-electron chi connectivity index (χ3n) is 3.12. The molecule has 11 N–H and O–H groups in total. The van der Waals surface area contributed by atoms with Crippen LogP contribution in [0.25, 0.3) is 0 Å². The van der Waals surface area contributed by atoms with Crippen molar-refractivity contribution in [3.8, 4) is 0 Å². The maximum Gasteiger partial charge on any atom is 0.326 e. The van der Waals surface area contributed by atoms with Gasteiger partial charge in [0, 0.05) is 6.54 Å². The standard InChI is InChI=1S/C13H25N7O5/c1-6(10(22)20-8(12(24)25)5-9(15)21)19-11(23)7(14)3-2-4-18-13(16)17/h6-8H,2-5,14H2,1H3,(H2,15,21)(H,19,23)(H,20,22)(H,24,25)(H4,16,17,18)/t6-,7-,8-/m0/s1. The lowest BCUT2D eigenvalue weighted by molar-refractivity contribution is -0.143. The number of carbonyl (C=O) groups excluding carboxylic acids is 3. The van der Waals surface area contributed by atoms with Crippen LogP contribution >= 0.6 is 0 Å². The van der Waals surface area contributed by atoms with Crippen LogP contribution in [0.15, 0.2) is 0 Å². The fourth-order valence-electron chi connectivity index (χ4n) is 1.76. The first kappa shape index (κ1) is 22.1. The van der Waals surface area contributed by atoms with E-state index in [9.17, 15) is 19.2 Å². The van der Waals surface area contributed by atoms with E-state index in [-0.39, 0.29) is 5.96 Å². The molecule has 0 saturated heterocycles. The lowest BCUT2D eigenvalue weighted by atomic mass is 10.1. The van der Waals surface area contributed by atoms with Crippen LogP contribution in [0.4, 0.5) is 0 Å². The molecule has 0 aromatic heterocycles. The van der Waals surface area contributed by atoms with E-state index in [0.717, 1.165) is 0 Å². The first-order chi connectivity index (χ1) is 11.5. The summed E-state index contributed by atoms with van der Waals surface area (Å²) in [5.74, 6) is -3.86. The molecule has 0 aromatic rings. The Morgan fingerprint density at radius 2 is 1.72 bits per heavy atom. The van der Waals surface area contributed by atoms with Crippen LogP contribution in [-0.2, 0) is 19.2 Å². The van der Waals surface area contributed by atoms with Gasteiger partial charge in [0.25, 0.3) is 0 Å². The molecule has 3 atom stereocenters. The van der Waals surface area contributed by atoms with Crippen molar-refractivity contribution in [3.63, 3.8) is 0 Å². The SMILES string of the molecule is C[C@H](NC(=O)[C@@H](N)CCCNC(=N)N)C(=O)N[C@@H](CC(N)=O)C(=O)O. The number of hydrogen-bond donors (Lipinski definition) is 8. The maximum atomic E-state index is 11.9. The zero-order valence-corrected chi connectivity index (χ0v) is 13.9. The van der Waals surface area contributed by atoms with Crippen molar-refractivity contribution < 1.29 is 24.3 Å². The fraction of sp³-hybridized carbons (Fsp3) is 0.615. The molecule has 0 saturated carbocycles. The molecule has 0 aromatic carbocycles. The number of guanidine groups is 1. The third-order valence-corrected chi connectivity index (χ3v) is 3.12. The highest BCUT2D eigenvalue weighted by Crippen LogP contribution is 1.97. The quantitative estimate of drug-likeness (QED) is 0.105. The molecule has 0 aliphatic heterocycles. The number of hydrogen-bond acceptors (Lipinski definition) is 6. The first-order valence-electron chi connectivity index (χ1n) is 7.50. The van der Waals surface area contributed by atoms with Gasteiger partial charge in [0.2, 0.25) is 17.7 Å². The zero-order valence-electron chi connectivity index (χ0n) is 13.9. The summed E-state index contributed by atoms with van der Waals surface area (Å²) < 4.78 is 0. The van der Waals surface area contributed by atoms with E-state index in [2.05, 4.69) is 16.0 Å². The van der Waals surface area contributed by atoms with Crippen LogP contribution in [0.1, 0.15) is 26.2 Å². The minimum absolute atomic E-state index is 0.188. The minimum Gasteiger partial charge on any atom is -0.480 e. The number of primary amides is 1. The normalized spacial score (nSPS) is 13.8. The third kappa shape index (κ3) is 9.76. The van der Waals surface area contributed by atoms with Gasteiger partial charge in [-0.05, 0) is 19.8 Å². The van der Waals surface area contributed by atoms with Gasteiger partial charge in [-0.3, -0.25) is 19.8 Å². The zero-order chi connectivity index (χ0) is 19.6. The van der Waals surface area contributed by atoms with Gasteiger partial charge in [0.15, 0.2) is 5.96 Å². The number of nitrogens with one attached hydrogen (secondary N) is 4. The van der Waals surface area contributed by atoms with E-state index < -0.39 is 48.2 Å². The first-order valence-corrected chi connectivity index (χ1v) is 7.50. The second-order valence-electron chi connectivity index (χ2n) is 5.39. The maximum absolute atomic E-state index is 11.9. The van der Waals surface area contributed by atoms with Gasteiger partial charge in [-0.25, -0.2) is 4.79 Å². The highest BCUT2D eigenvalue weighted by atomic mass is 16.4. The summed E-state index contributed by atoms with van der Waals surface area (Å²) >= 11 is 0. The minimum atomic E-state index is -1.48. The molecule has 0 fully saturated rings. The Labute approximate surface area is 144 Å². The number of carbonyl (C=O) groups is 4. The molecule has 0 bridgehead atoms. The van der Waals surface area contributed by atoms with Crippen LogP contribution in [0, 0.1) is 5.41 Å². The van der Waals surface area contributed by atoms with Gasteiger partial charge in [0.05, 0.1) is 12.5 Å². The van der Waals surface area contributed by atoms with Crippen LogP contribution in [0.5, 0.6) is 0 Å². The van der Waals surface area contributed by atoms with Gasteiger partial charge in [0.1, 0.15) is 12.1 Å². The van der Waals surface area contributed by atoms with Gasteiger partial charge >= 0.3 is 5.97 Å². The lowest BCUT2D eigenvalue weighted by Crippen LogP contribution is -2.53. The van der Waals surface area contributed by atoms with E-state index >= 15 is 0 Å². The monoisotopic (exact) mass is 359 g/mol. The van der Waals surface area contributed by atoms with Gasteiger partial charge < -0.3 is 38.3 Å². The Morgan fingerprint density at radius 3 is 2.20 bits per heavy atom. The van der Waals surface area contributed by atoms with E-state index in [1.165, 1.54) is 6.92 Å². The molecular formula is C13H25N7O5. The Morgan fingerprint density at radius 1 is 1.12 bits per heavy atom. The Bertz CT molecular complexity index is 525. The van der Waals surface area contributed by atoms with E-state index in [4.69, 9.17) is 27.7 Å². The number of carboxylic acid groups (broad SMARTS) is 1. The number of rotatable bonds is 11. The second-order valence-corrected chi connectivity index (χ2v) is 5.39. The number of nitrogens with two attached hydrogens (primary N) is 3. The van der Waals surface area contributed by atoms with Crippen molar-refractivity contribution in [2.75, 3.05) is 6.54 Å². The number of carboxylic acids is 1. The van der Waals surface area contributed by atoms with Gasteiger partial charge in [-0.2, -0.15) is 0 Å². The number of amides is 3. The molecule has 3 amide bonds. The predicted molar refractivity (Wildman–Crippen MR) is 88.1 cm³/mol. The number of aliphatic carboxylic acids is 1. The summed E-state index contributed by atoms with van der Waals surface area (Å²) in [6.45, 7) is 1.72. The second kappa shape index (κ2) is 10.8. The molecule has 0 heterocycles. The smallest absolute Gasteiger partial charge is 0.326 e. The summed E-state index contributed by atoms with van der Waals surface area (Å²) in [5, 5.41) is 22.9. The summed E-state index contributed by atoms with van der Waals surface area (Å²) in [6, 6.07) is -3.41. The van der Waals surface area contributed by atoms with Crippen molar-refractivity contribution in [2.45, 2.75) is 44.3 Å². The topological polar surface area (TPSA) is 227 Å². The van der Waals surface area contributed by atoms with Crippen molar-refractivity contribution in [1.29, 1.82) is 5.41 Å². The molecule has 0 unspecified atom stereocenters. The van der Waals surface area contributed by atoms with Gasteiger partial charge in [-0.1, -0.05) is 0 Å². The van der Waals surface area contributed by atoms with Crippen molar-refractivity contribution in [3.05, 3.63) is 0 Å². The Balaban J connectivity index is 4.39. The van der Waals surface area contributed by atoms with E-state index in [0.29, 0.717) is 19.4 Å². The molecule has 0 aliphatic carbocycles. The highest BCUT2D eigenvalue weighted by molar-refractivity contribution is 5.92. The van der Waals surface area contributed by atoms with Crippen molar-refractivity contribution >= 4 is 29.7 Å². The molecule has 0 aliphatic rings. The van der Waals surface area contributed by atoms with Crippen LogP contribution < -0.4 is 33.2 Å². The summed E-state index contributed by atoms with van der Waals surface area (Å²) in [6.07, 6.45) is 0.207. The van der Waals surface area contributed by atoms with Crippen molar-refractivity contribution in [2.24, 2.45) is 17.2 Å². The fourth-order valence-corrected chi connectivity index (χ4v) is 1.76. The molecule has 142 valence electrons.